The van der Waals surface area contributed by atoms with Crippen molar-refractivity contribution >= 4 is 35.8 Å². The van der Waals surface area contributed by atoms with Gasteiger partial charge >= 0.3 is 35.8 Å². The fourth-order valence-corrected chi connectivity index (χ4v) is 15.2. The molecule has 0 aromatic heterocycles. The third-order valence-corrected chi connectivity index (χ3v) is 22.2. The fraction of sp³-hybridized carbons (Fsp3) is 0.929. The molecular formula is C84H162N6O12. The van der Waals surface area contributed by atoms with Gasteiger partial charge in [-0.25, -0.2) is 0 Å². The number of piperidine rings is 6. The Morgan fingerprint density at radius 2 is 0.392 bits per heavy atom. The van der Waals surface area contributed by atoms with Gasteiger partial charge in [0.15, 0.2) is 0 Å². The van der Waals surface area contributed by atoms with Crippen molar-refractivity contribution in [2.45, 2.75) is 314 Å². The summed E-state index contributed by atoms with van der Waals surface area (Å²) in [5.41, 5.74) is 0. The molecule has 6 rings (SSSR count). The molecule has 0 spiro atoms. The van der Waals surface area contributed by atoms with Crippen molar-refractivity contribution in [3.63, 3.8) is 0 Å². The SMILES string of the molecule is C.C.C.CCCCCOC(=O)CCN1CCC(CCCC2CCN(CCC(=O)OCCCCC)CC2)CC1.CCCCOC(=O)CCN1CCC(CCCC2CCN(CCC(=O)OCCCC)CC2)CC1.CCCOC(=O)CCN1CCC(CCCC2CCN(CCC(=O)OCCC)CC2)CC1. The molecule has 0 amide bonds. The second-order valence-corrected chi connectivity index (χ2v) is 30.4. The predicted octanol–water partition coefficient (Wildman–Crippen LogP) is 17.1. The monoisotopic (exact) mass is 1450 g/mol. The van der Waals surface area contributed by atoms with Crippen LogP contribution in [0.3, 0.4) is 0 Å². The lowest BCUT2D eigenvalue weighted by Gasteiger charge is -2.33. The Bertz CT molecular complexity index is 1890. The third kappa shape index (κ3) is 48.7. The number of rotatable bonds is 48. The summed E-state index contributed by atoms with van der Waals surface area (Å²) in [4.78, 5) is 85.2. The summed E-state index contributed by atoms with van der Waals surface area (Å²) in [5, 5.41) is 0. The molecular weight excluding hydrogens is 1280 g/mol. The van der Waals surface area contributed by atoms with Crippen LogP contribution in [-0.4, -0.2) is 223 Å². The van der Waals surface area contributed by atoms with E-state index in [1.165, 1.54) is 135 Å². The molecule has 0 aromatic carbocycles. The van der Waals surface area contributed by atoms with Crippen LogP contribution < -0.4 is 0 Å². The third-order valence-electron chi connectivity index (χ3n) is 22.2. The average Bonchev–Trinajstić information content (AvgIpc) is 0.960. The maximum absolute atomic E-state index is 11.9. The van der Waals surface area contributed by atoms with Crippen LogP contribution in [0.4, 0.5) is 0 Å². The summed E-state index contributed by atoms with van der Waals surface area (Å²) in [6, 6.07) is 0. The molecule has 102 heavy (non-hydrogen) atoms. The molecule has 6 aliphatic rings. The smallest absolute Gasteiger partial charge is 0.307 e. The summed E-state index contributed by atoms with van der Waals surface area (Å²) in [6.07, 6.45) is 43.1. The van der Waals surface area contributed by atoms with Gasteiger partial charge in [0.1, 0.15) is 0 Å². The standard InChI is InChI=1S/C29H54N2O4.C27H50N2O4.C25H46N2O4.3CH4/c1-3-5-7-24-34-28(32)16-22-30-18-12-26(13-19-30)10-9-11-27-14-20-31(21-15-27)23-17-29(33)35-25-8-6-4-2;1-3-5-22-32-26(30)14-20-28-16-10-24(11-17-28)8-7-9-25-12-18-29(19-13-25)21-15-27(31)33-23-6-4-2;1-3-20-30-24(28)12-18-26-14-8-22(9-15-26)6-5-7-23-10-16-27(17-11-23)19-13-25(29)31-21-4-2;;;/h26-27H,3-25H2,1-2H3;24-25H,3-23H2,1-2H3;22-23H,3-21H2,1-2H3;3*1H4. The van der Waals surface area contributed by atoms with Gasteiger partial charge in [-0.3, -0.25) is 28.8 Å². The molecule has 18 nitrogen and oxygen atoms in total. The van der Waals surface area contributed by atoms with Crippen molar-refractivity contribution in [2.75, 3.05) is 157 Å². The van der Waals surface area contributed by atoms with Crippen molar-refractivity contribution in [1.82, 2.24) is 29.4 Å². The first-order chi connectivity index (χ1) is 48.3. The lowest BCUT2D eigenvalue weighted by molar-refractivity contribution is -0.145. The van der Waals surface area contributed by atoms with Crippen molar-refractivity contribution < 1.29 is 57.2 Å². The lowest BCUT2D eigenvalue weighted by atomic mass is 9.87. The number of hydrogen-bond acceptors (Lipinski definition) is 18. The molecule has 6 saturated heterocycles. The van der Waals surface area contributed by atoms with Gasteiger partial charge in [0.25, 0.3) is 0 Å². The first kappa shape index (κ1) is 96.6. The number of likely N-dealkylation sites (tertiary alicyclic amines) is 6. The zero-order valence-electron chi connectivity index (χ0n) is 64.6. The largest absolute Gasteiger partial charge is 0.466 e. The van der Waals surface area contributed by atoms with Crippen molar-refractivity contribution in [3.8, 4) is 0 Å². The minimum absolute atomic E-state index is 0. The highest BCUT2D eigenvalue weighted by Gasteiger charge is 2.27. The van der Waals surface area contributed by atoms with Crippen LogP contribution in [0.15, 0.2) is 0 Å². The fourth-order valence-electron chi connectivity index (χ4n) is 15.2. The van der Waals surface area contributed by atoms with E-state index in [-0.39, 0.29) is 58.1 Å². The van der Waals surface area contributed by atoms with Gasteiger partial charge in [0.05, 0.1) is 78.2 Å². The van der Waals surface area contributed by atoms with Gasteiger partial charge in [-0.15, -0.1) is 0 Å². The molecule has 18 heteroatoms. The quantitative estimate of drug-likeness (QED) is 0.0319. The molecule has 0 N–H and O–H groups in total. The van der Waals surface area contributed by atoms with Crippen molar-refractivity contribution in [1.29, 1.82) is 0 Å². The molecule has 600 valence electrons. The predicted molar refractivity (Wildman–Crippen MR) is 420 cm³/mol. The Balaban J connectivity index is 0.000000755. The minimum Gasteiger partial charge on any atom is -0.466 e. The van der Waals surface area contributed by atoms with Crippen LogP contribution in [0.5, 0.6) is 0 Å². The molecule has 0 unspecified atom stereocenters. The van der Waals surface area contributed by atoms with Gasteiger partial charge in [-0.1, -0.05) is 160 Å². The Morgan fingerprint density at radius 1 is 0.225 bits per heavy atom. The van der Waals surface area contributed by atoms with E-state index in [1.54, 1.807) is 0 Å². The van der Waals surface area contributed by atoms with Crippen LogP contribution in [0.25, 0.3) is 0 Å². The molecule has 6 heterocycles. The summed E-state index contributed by atoms with van der Waals surface area (Å²) in [6.45, 7) is 34.7. The first-order valence-electron chi connectivity index (χ1n) is 41.6. The highest BCUT2D eigenvalue weighted by molar-refractivity contribution is 5.71. The van der Waals surface area contributed by atoms with E-state index in [0.29, 0.717) is 78.2 Å². The maximum atomic E-state index is 11.9. The highest BCUT2D eigenvalue weighted by atomic mass is 16.6. The van der Waals surface area contributed by atoms with E-state index in [9.17, 15) is 28.8 Å². The zero-order chi connectivity index (χ0) is 71.2. The van der Waals surface area contributed by atoms with Crippen LogP contribution in [0.2, 0.25) is 0 Å². The van der Waals surface area contributed by atoms with E-state index >= 15 is 0 Å². The zero-order valence-corrected chi connectivity index (χ0v) is 64.6. The Kier molecular flexibility index (Phi) is 60.3. The van der Waals surface area contributed by atoms with E-state index in [1.807, 2.05) is 13.8 Å². The van der Waals surface area contributed by atoms with Gasteiger partial charge in [0, 0.05) is 39.3 Å². The van der Waals surface area contributed by atoms with Gasteiger partial charge in [-0.2, -0.15) is 0 Å². The second-order valence-electron chi connectivity index (χ2n) is 30.4. The molecule has 6 aliphatic heterocycles. The number of esters is 6. The molecule has 0 radical (unpaired) electrons. The van der Waals surface area contributed by atoms with Crippen LogP contribution >= 0.6 is 0 Å². The van der Waals surface area contributed by atoms with Crippen LogP contribution in [0, 0.1) is 35.5 Å². The van der Waals surface area contributed by atoms with Gasteiger partial charge in [-0.05, 0) is 230 Å². The topological polar surface area (TPSA) is 177 Å². The molecule has 0 aromatic rings. The number of ether oxygens (including phenoxy) is 6. The van der Waals surface area contributed by atoms with Crippen molar-refractivity contribution in [3.05, 3.63) is 0 Å². The second kappa shape index (κ2) is 63.7. The summed E-state index contributed by atoms with van der Waals surface area (Å²) >= 11 is 0. The number of nitrogens with zero attached hydrogens (tertiary/aromatic N) is 6. The molecule has 6 fully saturated rings. The van der Waals surface area contributed by atoms with Crippen LogP contribution in [0.1, 0.15) is 314 Å². The Hall–Kier alpha value is -3.42. The first-order valence-corrected chi connectivity index (χ1v) is 41.6. The number of carbonyl (C=O) groups excluding carboxylic acids is 6. The average molecular weight is 1450 g/mol. The van der Waals surface area contributed by atoms with Gasteiger partial charge < -0.3 is 57.8 Å². The van der Waals surface area contributed by atoms with E-state index in [4.69, 9.17) is 28.4 Å². The molecule has 0 atom stereocenters. The van der Waals surface area contributed by atoms with Crippen molar-refractivity contribution in [2.24, 2.45) is 35.5 Å². The summed E-state index contributed by atoms with van der Waals surface area (Å²) in [5.74, 6) is 4.91. The Labute approximate surface area is 626 Å². The minimum atomic E-state index is -0.0496. The number of carbonyl (C=O) groups is 6. The lowest BCUT2D eigenvalue weighted by Crippen LogP contribution is -2.36. The highest BCUT2D eigenvalue weighted by Crippen LogP contribution is 2.31. The number of hydrogen-bond donors (Lipinski definition) is 0. The summed E-state index contributed by atoms with van der Waals surface area (Å²) < 4.78 is 31.5. The summed E-state index contributed by atoms with van der Waals surface area (Å²) in [7, 11) is 0. The molecule has 0 saturated carbocycles. The Morgan fingerprint density at radius 3 is 0.559 bits per heavy atom. The molecule has 0 bridgehead atoms. The van der Waals surface area contributed by atoms with E-state index in [2.05, 4.69) is 57.1 Å². The van der Waals surface area contributed by atoms with E-state index in [0.717, 1.165) is 230 Å². The maximum Gasteiger partial charge on any atom is 0.307 e. The van der Waals surface area contributed by atoms with Gasteiger partial charge in [0.2, 0.25) is 0 Å². The van der Waals surface area contributed by atoms with E-state index < -0.39 is 0 Å². The number of unbranched alkanes of at least 4 members (excludes halogenated alkanes) is 6. The molecule has 0 aliphatic carbocycles. The normalized spacial score (nSPS) is 18.4. The van der Waals surface area contributed by atoms with Crippen LogP contribution in [-0.2, 0) is 57.2 Å².